The van der Waals surface area contributed by atoms with Gasteiger partial charge in [-0.1, -0.05) is 0 Å². The highest BCUT2D eigenvalue weighted by Crippen LogP contribution is 2.26. The summed E-state index contributed by atoms with van der Waals surface area (Å²) < 4.78 is 32.3. The first-order chi connectivity index (χ1) is 8.03. The first-order valence-corrected chi connectivity index (χ1v) is 6.69. The van der Waals surface area contributed by atoms with E-state index in [9.17, 15) is 8.42 Å². The van der Waals surface area contributed by atoms with Gasteiger partial charge in [-0.3, -0.25) is 5.10 Å². The molecule has 0 bridgehead atoms. The minimum absolute atomic E-state index is 0.335. The fourth-order valence-corrected chi connectivity index (χ4v) is 2.99. The van der Waals surface area contributed by atoms with Crippen molar-refractivity contribution in [1.29, 1.82) is 0 Å². The van der Waals surface area contributed by atoms with E-state index in [-0.39, 0.29) is 6.04 Å². The van der Waals surface area contributed by atoms with Crippen LogP contribution in [0.2, 0.25) is 0 Å². The van der Waals surface area contributed by atoms with Gasteiger partial charge in [0, 0.05) is 26.8 Å². The quantitative estimate of drug-likeness (QED) is 0.801. The lowest BCUT2D eigenvalue weighted by Gasteiger charge is -2.35. The third kappa shape index (κ3) is 2.34. The van der Waals surface area contributed by atoms with E-state index in [1.165, 1.54) is 22.7 Å². The van der Waals surface area contributed by atoms with Gasteiger partial charge in [0.15, 0.2) is 0 Å². The fourth-order valence-electron chi connectivity index (χ4n) is 1.77. The van der Waals surface area contributed by atoms with E-state index in [2.05, 4.69) is 10.2 Å². The summed E-state index contributed by atoms with van der Waals surface area (Å²) in [5, 5.41) is 6.64. The van der Waals surface area contributed by atoms with Crippen LogP contribution in [-0.2, 0) is 14.9 Å². The Hall–Kier alpha value is -0.960. The Kier molecular flexibility index (Phi) is 3.48. The summed E-state index contributed by atoms with van der Waals surface area (Å²) in [5.74, 6) is 0. The number of H-pyrrole nitrogens is 1. The van der Waals surface area contributed by atoms with E-state index in [1.807, 2.05) is 0 Å². The number of nitrogens with zero attached hydrogens (tertiary/aromatic N) is 3. The molecule has 1 atom stereocenters. The van der Waals surface area contributed by atoms with Crippen LogP contribution >= 0.6 is 0 Å². The second kappa shape index (κ2) is 4.73. The third-order valence-corrected chi connectivity index (χ3v) is 4.67. The SMILES string of the molecule is CN(C)S(=O)(=O)N1CCOC[C@@H]1c1ccn[nH]1. The van der Waals surface area contributed by atoms with Gasteiger partial charge < -0.3 is 4.74 Å². The molecule has 0 unspecified atom stereocenters. The Morgan fingerprint density at radius 1 is 1.59 bits per heavy atom. The van der Waals surface area contributed by atoms with Crippen molar-refractivity contribution in [3.05, 3.63) is 18.0 Å². The molecule has 1 N–H and O–H groups in total. The summed E-state index contributed by atoms with van der Waals surface area (Å²) in [4.78, 5) is 0. The number of aromatic nitrogens is 2. The zero-order chi connectivity index (χ0) is 12.5. The average Bonchev–Trinajstić information content (AvgIpc) is 2.82. The molecule has 2 heterocycles. The van der Waals surface area contributed by atoms with Crippen LogP contribution in [0, 0.1) is 0 Å². The van der Waals surface area contributed by atoms with Crippen LogP contribution in [0.4, 0.5) is 0 Å². The van der Waals surface area contributed by atoms with E-state index in [0.717, 1.165) is 5.69 Å². The minimum Gasteiger partial charge on any atom is -0.378 e. The molecule has 0 amide bonds. The summed E-state index contributed by atoms with van der Waals surface area (Å²) in [5.41, 5.74) is 0.745. The monoisotopic (exact) mass is 260 g/mol. The maximum Gasteiger partial charge on any atom is 0.282 e. The van der Waals surface area contributed by atoms with Gasteiger partial charge >= 0.3 is 0 Å². The van der Waals surface area contributed by atoms with Crippen molar-refractivity contribution in [3.63, 3.8) is 0 Å². The molecule has 0 aromatic carbocycles. The Labute approximate surface area is 101 Å². The third-order valence-electron chi connectivity index (χ3n) is 2.72. The Morgan fingerprint density at radius 3 is 2.94 bits per heavy atom. The van der Waals surface area contributed by atoms with Crippen LogP contribution in [0.5, 0.6) is 0 Å². The predicted molar refractivity (Wildman–Crippen MR) is 61.5 cm³/mol. The van der Waals surface area contributed by atoms with Crippen LogP contribution in [0.1, 0.15) is 11.7 Å². The maximum absolute atomic E-state index is 12.2. The molecule has 0 saturated carbocycles. The summed E-state index contributed by atoms with van der Waals surface area (Å²) in [6.45, 7) is 1.11. The van der Waals surface area contributed by atoms with Gasteiger partial charge in [0.1, 0.15) is 0 Å². The molecule has 1 fully saturated rings. The van der Waals surface area contributed by atoms with Crippen molar-refractivity contribution in [1.82, 2.24) is 18.8 Å². The molecule has 0 radical (unpaired) electrons. The molecule has 1 aromatic rings. The number of ether oxygens (including phenoxy) is 1. The normalized spacial score (nSPS) is 23.1. The molecular weight excluding hydrogens is 244 g/mol. The Bertz CT molecular complexity index is 457. The smallest absolute Gasteiger partial charge is 0.282 e. The number of nitrogens with one attached hydrogen (secondary N) is 1. The summed E-state index contributed by atoms with van der Waals surface area (Å²) >= 11 is 0. The van der Waals surface area contributed by atoms with Gasteiger partial charge in [-0.15, -0.1) is 0 Å². The molecule has 17 heavy (non-hydrogen) atoms. The van der Waals surface area contributed by atoms with E-state index in [0.29, 0.717) is 19.8 Å². The number of aromatic amines is 1. The largest absolute Gasteiger partial charge is 0.378 e. The fraction of sp³-hybridized carbons (Fsp3) is 0.667. The van der Waals surface area contributed by atoms with Crippen LogP contribution in [0.15, 0.2) is 12.3 Å². The topological polar surface area (TPSA) is 78.5 Å². The van der Waals surface area contributed by atoms with Gasteiger partial charge in [-0.25, -0.2) is 0 Å². The minimum atomic E-state index is -3.44. The molecule has 0 spiro atoms. The van der Waals surface area contributed by atoms with E-state index < -0.39 is 10.2 Å². The molecule has 2 rings (SSSR count). The number of hydrogen-bond acceptors (Lipinski definition) is 4. The number of rotatable bonds is 3. The second-order valence-corrected chi connectivity index (χ2v) is 6.10. The summed E-state index contributed by atoms with van der Waals surface area (Å²) in [6.07, 6.45) is 1.60. The van der Waals surface area contributed by atoms with Crippen LogP contribution < -0.4 is 0 Å². The van der Waals surface area contributed by atoms with Gasteiger partial charge in [0.05, 0.1) is 24.9 Å². The molecule has 0 aliphatic carbocycles. The lowest BCUT2D eigenvalue weighted by Crippen LogP contribution is -2.48. The van der Waals surface area contributed by atoms with Crippen LogP contribution in [-0.4, -0.2) is 61.1 Å². The van der Waals surface area contributed by atoms with Crippen molar-refractivity contribution < 1.29 is 13.2 Å². The van der Waals surface area contributed by atoms with Gasteiger partial charge in [-0.2, -0.15) is 22.1 Å². The standard InChI is InChI=1S/C9H16N4O3S/c1-12(2)17(14,15)13-5-6-16-7-9(13)8-3-4-10-11-8/h3-4,9H,5-7H2,1-2H3,(H,10,11)/t9-/m1/s1. The molecule has 7 nitrogen and oxygen atoms in total. The van der Waals surface area contributed by atoms with Crippen molar-refractivity contribution in [2.24, 2.45) is 0 Å². The van der Waals surface area contributed by atoms with Crippen LogP contribution in [0.3, 0.4) is 0 Å². The highest BCUT2D eigenvalue weighted by atomic mass is 32.2. The van der Waals surface area contributed by atoms with E-state index >= 15 is 0 Å². The van der Waals surface area contributed by atoms with Crippen molar-refractivity contribution in [2.45, 2.75) is 6.04 Å². The molecule has 8 heteroatoms. The zero-order valence-corrected chi connectivity index (χ0v) is 10.6. The van der Waals surface area contributed by atoms with Crippen molar-refractivity contribution in [3.8, 4) is 0 Å². The predicted octanol–water partition coefficient (Wildman–Crippen LogP) is -0.411. The average molecular weight is 260 g/mol. The van der Waals surface area contributed by atoms with Crippen molar-refractivity contribution >= 4 is 10.2 Å². The molecule has 1 aliphatic heterocycles. The first-order valence-electron chi connectivity index (χ1n) is 5.30. The molecule has 1 aromatic heterocycles. The molecule has 96 valence electrons. The zero-order valence-electron chi connectivity index (χ0n) is 9.83. The van der Waals surface area contributed by atoms with Crippen LogP contribution in [0.25, 0.3) is 0 Å². The van der Waals surface area contributed by atoms with E-state index in [1.54, 1.807) is 12.3 Å². The Balaban J connectivity index is 2.31. The van der Waals surface area contributed by atoms with Gasteiger partial charge in [-0.05, 0) is 6.07 Å². The molecular formula is C9H16N4O3S. The number of hydrogen-bond donors (Lipinski definition) is 1. The maximum atomic E-state index is 12.2. The second-order valence-electron chi connectivity index (χ2n) is 4.00. The lowest BCUT2D eigenvalue weighted by atomic mass is 10.2. The highest BCUT2D eigenvalue weighted by molar-refractivity contribution is 7.86. The van der Waals surface area contributed by atoms with E-state index in [4.69, 9.17) is 4.74 Å². The lowest BCUT2D eigenvalue weighted by molar-refractivity contribution is 0.0284. The molecule has 1 saturated heterocycles. The van der Waals surface area contributed by atoms with Gasteiger partial charge in [0.2, 0.25) is 0 Å². The molecule has 1 aliphatic rings. The highest BCUT2D eigenvalue weighted by Gasteiger charge is 2.35. The first kappa shape index (κ1) is 12.5. The summed E-state index contributed by atoms with van der Waals surface area (Å²) in [6, 6.07) is 1.43. The number of morpholine rings is 1. The summed E-state index contributed by atoms with van der Waals surface area (Å²) in [7, 11) is -0.391. The van der Waals surface area contributed by atoms with Gasteiger partial charge in [0.25, 0.3) is 10.2 Å². The van der Waals surface area contributed by atoms with Crippen molar-refractivity contribution in [2.75, 3.05) is 33.9 Å². The Morgan fingerprint density at radius 2 is 2.35 bits per heavy atom.